The van der Waals surface area contributed by atoms with E-state index in [0.29, 0.717) is 5.41 Å². The third kappa shape index (κ3) is 3.43. The number of aromatic nitrogens is 1. The molecule has 3 fully saturated rings. The molecule has 0 unspecified atom stereocenters. The number of rotatable bonds is 3. The molecule has 0 bridgehead atoms. The molecule has 0 saturated carbocycles. The Morgan fingerprint density at radius 2 is 1.54 bits per heavy atom. The number of pyridine rings is 1. The lowest BCUT2D eigenvalue weighted by Crippen LogP contribution is -2.32. The lowest BCUT2D eigenvalue weighted by molar-refractivity contribution is 0.374. The van der Waals surface area contributed by atoms with Crippen LogP contribution < -0.4 is 14.7 Å². The van der Waals surface area contributed by atoms with E-state index in [1.165, 1.54) is 43.9 Å². The van der Waals surface area contributed by atoms with Crippen molar-refractivity contribution in [2.75, 3.05) is 54.0 Å². The van der Waals surface area contributed by atoms with Crippen molar-refractivity contribution in [3.05, 3.63) is 48.4 Å². The van der Waals surface area contributed by atoms with Crippen LogP contribution in [0.15, 0.2) is 42.6 Å². The number of anilines is 3. The number of benzene rings is 1. The summed E-state index contributed by atoms with van der Waals surface area (Å²) < 4.78 is 13.6. The Hall–Kier alpha value is -2.30. The van der Waals surface area contributed by atoms with Gasteiger partial charge in [0.05, 0.1) is 0 Å². The van der Waals surface area contributed by atoms with Gasteiger partial charge in [0.1, 0.15) is 11.6 Å². The number of hydrogen-bond acceptors (Lipinski definition) is 4. The van der Waals surface area contributed by atoms with Crippen molar-refractivity contribution in [3.63, 3.8) is 0 Å². The molecule has 2 aromatic rings. The maximum atomic E-state index is 13.6. The van der Waals surface area contributed by atoms with Crippen LogP contribution in [0.2, 0.25) is 0 Å². The maximum Gasteiger partial charge on any atom is 0.130 e. The smallest absolute Gasteiger partial charge is 0.130 e. The second kappa shape index (κ2) is 7.26. The zero-order valence-electron chi connectivity index (χ0n) is 16.5. The van der Waals surface area contributed by atoms with Gasteiger partial charge in [0.25, 0.3) is 0 Å². The van der Waals surface area contributed by atoms with Crippen LogP contribution in [-0.2, 0) is 0 Å². The van der Waals surface area contributed by atoms with E-state index in [2.05, 4.69) is 26.8 Å². The third-order valence-corrected chi connectivity index (χ3v) is 6.82. The average Bonchev–Trinajstić information content (AvgIpc) is 3.36. The van der Waals surface area contributed by atoms with E-state index in [4.69, 9.17) is 4.98 Å². The van der Waals surface area contributed by atoms with Crippen molar-refractivity contribution in [3.8, 4) is 0 Å². The SMILES string of the molecule is Fc1cccc(N2CC[C@@]3(CCN(c4cc(N5CCCCC5)ccn4)C3)C2)c1. The van der Waals surface area contributed by atoms with Gasteiger partial charge in [-0.05, 0) is 56.4 Å². The summed E-state index contributed by atoms with van der Waals surface area (Å²) in [4.78, 5) is 12.0. The van der Waals surface area contributed by atoms with Crippen LogP contribution in [-0.4, -0.2) is 44.3 Å². The Bertz CT molecular complexity index is 835. The van der Waals surface area contributed by atoms with Crippen LogP contribution in [0.4, 0.5) is 21.6 Å². The number of nitrogens with zero attached hydrogens (tertiary/aromatic N) is 4. The van der Waals surface area contributed by atoms with E-state index in [9.17, 15) is 4.39 Å². The number of halogens is 1. The maximum absolute atomic E-state index is 13.6. The van der Waals surface area contributed by atoms with Crippen LogP contribution >= 0.6 is 0 Å². The molecule has 3 aliphatic rings. The van der Waals surface area contributed by atoms with Gasteiger partial charge >= 0.3 is 0 Å². The van der Waals surface area contributed by atoms with Crippen molar-refractivity contribution in [2.45, 2.75) is 32.1 Å². The highest BCUT2D eigenvalue weighted by Crippen LogP contribution is 2.42. The van der Waals surface area contributed by atoms with E-state index < -0.39 is 0 Å². The van der Waals surface area contributed by atoms with E-state index in [1.54, 1.807) is 6.07 Å². The van der Waals surface area contributed by atoms with Gasteiger partial charge in [0, 0.05) is 68.3 Å². The van der Waals surface area contributed by atoms with Crippen LogP contribution in [0.3, 0.4) is 0 Å². The van der Waals surface area contributed by atoms with Gasteiger partial charge in [-0.25, -0.2) is 9.37 Å². The first-order valence-corrected chi connectivity index (χ1v) is 10.7. The molecular formula is C23H29FN4. The van der Waals surface area contributed by atoms with Gasteiger partial charge in [0.2, 0.25) is 0 Å². The molecule has 148 valence electrons. The number of piperidine rings is 1. The van der Waals surface area contributed by atoms with Gasteiger partial charge in [-0.1, -0.05) is 6.07 Å². The molecule has 3 saturated heterocycles. The summed E-state index contributed by atoms with van der Waals surface area (Å²) in [6.45, 7) is 6.46. The summed E-state index contributed by atoms with van der Waals surface area (Å²) in [5, 5.41) is 0. The topological polar surface area (TPSA) is 22.6 Å². The van der Waals surface area contributed by atoms with Crippen LogP contribution in [0.25, 0.3) is 0 Å². The Labute approximate surface area is 167 Å². The molecule has 1 spiro atoms. The minimum atomic E-state index is -0.148. The Kier molecular flexibility index (Phi) is 4.61. The van der Waals surface area contributed by atoms with E-state index in [0.717, 1.165) is 50.8 Å². The lowest BCUT2D eigenvalue weighted by atomic mass is 9.86. The predicted octanol–water partition coefficient (Wildman–Crippen LogP) is 4.32. The fourth-order valence-corrected chi connectivity index (χ4v) is 5.22. The molecular weight excluding hydrogens is 351 g/mol. The molecule has 0 radical (unpaired) electrons. The minimum absolute atomic E-state index is 0.148. The fourth-order valence-electron chi connectivity index (χ4n) is 5.22. The standard InChI is InChI=1S/C23H29FN4/c24-19-5-4-6-20(15-19)27-13-8-23(17-27)9-14-28(18-23)22-16-21(7-10-25-22)26-11-2-1-3-12-26/h4-7,10,15-16H,1-3,8-9,11-14,17-18H2/t23-/m1/s1. The fraction of sp³-hybridized carbons (Fsp3) is 0.522. The summed E-state index contributed by atoms with van der Waals surface area (Å²) in [6.07, 6.45) is 8.27. The molecule has 0 N–H and O–H groups in total. The molecule has 4 heterocycles. The van der Waals surface area contributed by atoms with Crippen molar-refractivity contribution in [1.29, 1.82) is 0 Å². The van der Waals surface area contributed by atoms with Crippen molar-refractivity contribution >= 4 is 17.2 Å². The summed E-state index contributed by atoms with van der Waals surface area (Å²) in [7, 11) is 0. The largest absolute Gasteiger partial charge is 0.371 e. The van der Waals surface area contributed by atoms with E-state index >= 15 is 0 Å². The van der Waals surface area contributed by atoms with Gasteiger partial charge < -0.3 is 14.7 Å². The third-order valence-electron chi connectivity index (χ3n) is 6.82. The van der Waals surface area contributed by atoms with Crippen molar-refractivity contribution in [1.82, 2.24) is 4.98 Å². The van der Waals surface area contributed by atoms with Gasteiger partial charge in [-0.15, -0.1) is 0 Å². The molecule has 3 aliphatic heterocycles. The molecule has 28 heavy (non-hydrogen) atoms. The normalized spacial score (nSPS) is 25.1. The quantitative estimate of drug-likeness (QED) is 0.791. The second-order valence-corrected chi connectivity index (χ2v) is 8.74. The summed E-state index contributed by atoms with van der Waals surface area (Å²) in [5.41, 5.74) is 2.63. The first-order chi connectivity index (χ1) is 13.7. The minimum Gasteiger partial charge on any atom is -0.371 e. The van der Waals surface area contributed by atoms with Gasteiger partial charge in [-0.3, -0.25) is 0 Å². The molecule has 1 aromatic carbocycles. The lowest BCUT2D eigenvalue weighted by Gasteiger charge is -2.30. The highest BCUT2D eigenvalue weighted by Gasteiger charge is 2.44. The Morgan fingerprint density at radius 3 is 2.36 bits per heavy atom. The summed E-state index contributed by atoms with van der Waals surface area (Å²) in [5.74, 6) is 0.967. The van der Waals surface area contributed by atoms with Crippen LogP contribution in [0.1, 0.15) is 32.1 Å². The highest BCUT2D eigenvalue weighted by molar-refractivity contribution is 5.56. The zero-order valence-corrected chi connectivity index (χ0v) is 16.5. The Balaban J connectivity index is 1.28. The monoisotopic (exact) mass is 380 g/mol. The van der Waals surface area contributed by atoms with Crippen molar-refractivity contribution in [2.24, 2.45) is 5.41 Å². The summed E-state index contributed by atoms with van der Waals surface area (Å²) >= 11 is 0. The average molecular weight is 381 g/mol. The molecule has 1 atom stereocenters. The second-order valence-electron chi connectivity index (χ2n) is 8.74. The predicted molar refractivity (Wildman–Crippen MR) is 113 cm³/mol. The Morgan fingerprint density at radius 1 is 0.786 bits per heavy atom. The van der Waals surface area contributed by atoms with Crippen LogP contribution in [0.5, 0.6) is 0 Å². The summed E-state index contributed by atoms with van der Waals surface area (Å²) in [6, 6.07) is 11.5. The molecule has 0 amide bonds. The first-order valence-electron chi connectivity index (χ1n) is 10.7. The molecule has 0 aliphatic carbocycles. The molecule has 5 rings (SSSR count). The highest BCUT2D eigenvalue weighted by atomic mass is 19.1. The van der Waals surface area contributed by atoms with Crippen molar-refractivity contribution < 1.29 is 4.39 Å². The van der Waals surface area contributed by atoms with Crippen LogP contribution in [0, 0.1) is 11.2 Å². The molecule has 5 heteroatoms. The first kappa shape index (κ1) is 17.8. The van der Waals surface area contributed by atoms with E-state index in [-0.39, 0.29) is 5.82 Å². The zero-order chi connectivity index (χ0) is 19.0. The van der Waals surface area contributed by atoms with Gasteiger partial charge in [0.15, 0.2) is 0 Å². The van der Waals surface area contributed by atoms with Gasteiger partial charge in [-0.2, -0.15) is 0 Å². The number of hydrogen-bond donors (Lipinski definition) is 0. The van der Waals surface area contributed by atoms with E-state index in [1.807, 2.05) is 18.3 Å². The molecule has 1 aromatic heterocycles. The molecule has 4 nitrogen and oxygen atoms in total.